The van der Waals surface area contributed by atoms with Crippen molar-refractivity contribution in [1.29, 1.82) is 0 Å². The lowest BCUT2D eigenvalue weighted by Gasteiger charge is -2.39. The maximum atomic E-state index is 12.8. The van der Waals surface area contributed by atoms with E-state index in [9.17, 15) is 14.4 Å². The highest BCUT2D eigenvalue weighted by molar-refractivity contribution is 5.76. The predicted octanol–water partition coefficient (Wildman–Crippen LogP) is 0.753. The number of likely N-dealkylation sites (tertiary alicyclic amines) is 1. The molecule has 28 heavy (non-hydrogen) atoms. The first-order valence-corrected chi connectivity index (χ1v) is 9.69. The van der Waals surface area contributed by atoms with Crippen LogP contribution < -0.4 is 11.2 Å². The highest BCUT2D eigenvalue weighted by atomic mass is 16.2. The number of aromatic nitrogens is 3. The molecule has 1 atom stereocenters. The minimum Gasteiger partial charge on any atom is -0.340 e. The Kier molecular flexibility index (Phi) is 6.41. The van der Waals surface area contributed by atoms with Crippen LogP contribution in [-0.2, 0) is 17.9 Å². The fraction of sp³-hybridized carbons (Fsp3) is 0.500. The first-order valence-electron chi connectivity index (χ1n) is 9.69. The first kappa shape index (κ1) is 20.0. The highest BCUT2D eigenvalue weighted by Crippen LogP contribution is 2.18. The van der Waals surface area contributed by atoms with E-state index in [1.807, 2.05) is 17.0 Å². The monoisotopic (exact) mass is 385 g/mol. The normalized spacial score (nSPS) is 17.1. The molecule has 0 radical (unpaired) electrons. The van der Waals surface area contributed by atoms with Crippen LogP contribution in [0.2, 0.25) is 0 Å². The Morgan fingerprint density at radius 2 is 2.07 bits per heavy atom. The lowest BCUT2D eigenvalue weighted by molar-refractivity contribution is -0.134. The van der Waals surface area contributed by atoms with Crippen LogP contribution in [0, 0.1) is 6.92 Å². The van der Waals surface area contributed by atoms with Crippen LogP contribution in [0.25, 0.3) is 0 Å². The summed E-state index contributed by atoms with van der Waals surface area (Å²) in [7, 11) is 0. The van der Waals surface area contributed by atoms with Crippen LogP contribution in [0.5, 0.6) is 0 Å². The van der Waals surface area contributed by atoms with Gasteiger partial charge in [0.05, 0.1) is 0 Å². The van der Waals surface area contributed by atoms with E-state index < -0.39 is 11.2 Å². The van der Waals surface area contributed by atoms with Crippen LogP contribution in [0.3, 0.4) is 0 Å². The Morgan fingerprint density at radius 3 is 2.79 bits per heavy atom. The zero-order chi connectivity index (χ0) is 20.1. The van der Waals surface area contributed by atoms with Gasteiger partial charge in [-0.05, 0) is 44.0 Å². The first-order chi connectivity index (χ1) is 13.5. The molecular weight excluding hydrogens is 358 g/mol. The fourth-order valence-corrected chi connectivity index (χ4v) is 3.68. The van der Waals surface area contributed by atoms with E-state index >= 15 is 0 Å². The molecule has 3 heterocycles. The van der Waals surface area contributed by atoms with Gasteiger partial charge in [0.1, 0.15) is 6.54 Å². The third-order valence-corrected chi connectivity index (χ3v) is 5.30. The van der Waals surface area contributed by atoms with E-state index in [1.165, 1.54) is 16.3 Å². The van der Waals surface area contributed by atoms with E-state index in [0.717, 1.165) is 25.9 Å². The number of carbonyl (C=O) groups is 1. The lowest BCUT2D eigenvalue weighted by atomic mass is 10.0. The zero-order valence-electron chi connectivity index (χ0n) is 16.4. The summed E-state index contributed by atoms with van der Waals surface area (Å²) in [6, 6.07) is 4.31. The van der Waals surface area contributed by atoms with Crippen molar-refractivity contribution in [1.82, 2.24) is 24.3 Å². The summed E-state index contributed by atoms with van der Waals surface area (Å²) in [5.74, 6) is -0.0989. The molecule has 1 fully saturated rings. The molecule has 150 valence electrons. The van der Waals surface area contributed by atoms with Crippen molar-refractivity contribution in [3.05, 3.63) is 62.7 Å². The summed E-state index contributed by atoms with van der Waals surface area (Å²) in [5.41, 5.74) is 0.654. The average Bonchev–Trinajstić information content (AvgIpc) is 2.71. The van der Waals surface area contributed by atoms with Gasteiger partial charge in [0.25, 0.3) is 5.56 Å². The summed E-state index contributed by atoms with van der Waals surface area (Å²) >= 11 is 0. The topological polar surface area (TPSA) is 91.3 Å². The number of hydrogen-bond donors (Lipinski definition) is 1. The third kappa shape index (κ3) is 4.75. The summed E-state index contributed by atoms with van der Waals surface area (Å²) in [6.45, 7) is 6.75. The fourth-order valence-electron chi connectivity index (χ4n) is 3.68. The maximum Gasteiger partial charge on any atom is 0.328 e. The molecule has 1 saturated heterocycles. The van der Waals surface area contributed by atoms with Gasteiger partial charge in [0, 0.05) is 49.8 Å². The van der Waals surface area contributed by atoms with Crippen molar-refractivity contribution >= 4 is 5.91 Å². The number of piperidine rings is 1. The molecule has 0 bridgehead atoms. The third-order valence-electron chi connectivity index (χ3n) is 5.30. The van der Waals surface area contributed by atoms with Gasteiger partial charge in [-0.15, -0.1) is 0 Å². The number of rotatable bonds is 6. The van der Waals surface area contributed by atoms with Gasteiger partial charge in [-0.25, -0.2) is 4.79 Å². The lowest BCUT2D eigenvalue weighted by Crippen LogP contribution is -2.50. The quantitative estimate of drug-likeness (QED) is 0.792. The Bertz CT molecular complexity index is 921. The van der Waals surface area contributed by atoms with Crippen molar-refractivity contribution in [2.45, 2.75) is 45.8 Å². The number of nitrogens with zero attached hydrogens (tertiary/aromatic N) is 4. The van der Waals surface area contributed by atoms with Crippen molar-refractivity contribution in [2.24, 2.45) is 0 Å². The van der Waals surface area contributed by atoms with Gasteiger partial charge < -0.3 is 4.90 Å². The SMILES string of the molecule is CCN(Cc1ccncc1)[C@H]1CCCN(C(=O)Cn2cc(C)c(=O)[nH]c2=O)C1. The maximum absolute atomic E-state index is 12.8. The minimum absolute atomic E-state index is 0.0559. The number of likely N-dealkylation sites (N-methyl/N-ethyl adjacent to an activating group) is 1. The van der Waals surface area contributed by atoms with E-state index in [2.05, 4.69) is 21.8 Å². The molecule has 8 heteroatoms. The van der Waals surface area contributed by atoms with E-state index in [0.29, 0.717) is 18.7 Å². The summed E-state index contributed by atoms with van der Waals surface area (Å²) < 4.78 is 1.28. The number of nitrogens with one attached hydrogen (secondary N) is 1. The molecule has 2 aromatic heterocycles. The molecule has 0 saturated carbocycles. The summed E-state index contributed by atoms with van der Waals surface area (Å²) in [5, 5.41) is 0. The molecule has 1 aliphatic rings. The van der Waals surface area contributed by atoms with Crippen LogP contribution >= 0.6 is 0 Å². The van der Waals surface area contributed by atoms with Crippen molar-refractivity contribution < 1.29 is 4.79 Å². The van der Waals surface area contributed by atoms with Crippen LogP contribution in [0.1, 0.15) is 30.9 Å². The standard InChI is InChI=1S/C20H27N5O3/c1-3-23(12-16-6-8-21-9-7-16)17-5-4-10-24(13-17)18(26)14-25-11-15(2)19(27)22-20(25)28/h6-9,11,17H,3-5,10,12-14H2,1-2H3,(H,22,27,28)/t17-/m0/s1. The Hall–Kier alpha value is -2.74. The zero-order valence-corrected chi connectivity index (χ0v) is 16.4. The number of pyridine rings is 1. The molecule has 1 N–H and O–H groups in total. The van der Waals surface area contributed by atoms with E-state index in [4.69, 9.17) is 0 Å². The molecule has 1 aliphatic heterocycles. The number of amides is 1. The smallest absolute Gasteiger partial charge is 0.328 e. The van der Waals surface area contributed by atoms with Gasteiger partial charge in [0.15, 0.2) is 0 Å². The molecule has 2 aromatic rings. The Labute approximate surface area is 163 Å². The molecular formula is C20H27N5O3. The van der Waals surface area contributed by atoms with Crippen LogP contribution in [-0.4, -0.2) is 55.9 Å². The largest absolute Gasteiger partial charge is 0.340 e. The van der Waals surface area contributed by atoms with Gasteiger partial charge in [-0.2, -0.15) is 0 Å². The number of H-pyrrole nitrogens is 1. The molecule has 3 rings (SSSR count). The second-order valence-electron chi connectivity index (χ2n) is 7.25. The van der Waals surface area contributed by atoms with Crippen LogP contribution in [0.15, 0.2) is 40.3 Å². The minimum atomic E-state index is -0.551. The second-order valence-corrected chi connectivity index (χ2v) is 7.25. The number of carbonyl (C=O) groups excluding carboxylic acids is 1. The number of aromatic amines is 1. The van der Waals surface area contributed by atoms with Crippen molar-refractivity contribution in [2.75, 3.05) is 19.6 Å². The van der Waals surface area contributed by atoms with Crippen molar-refractivity contribution in [3.8, 4) is 0 Å². The predicted molar refractivity (Wildman–Crippen MR) is 106 cm³/mol. The van der Waals surface area contributed by atoms with Gasteiger partial charge in [-0.1, -0.05) is 6.92 Å². The van der Waals surface area contributed by atoms with Crippen molar-refractivity contribution in [3.63, 3.8) is 0 Å². The second kappa shape index (κ2) is 8.97. The average molecular weight is 385 g/mol. The molecule has 8 nitrogen and oxygen atoms in total. The molecule has 1 amide bonds. The van der Waals surface area contributed by atoms with E-state index in [1.54, 1.807) is 19.3 Å². The summed E-state index contributed by atoms with van der Waals surface area (Å²) in [4.78, 5) is 46.8. The van der Waals surface area contributed by atoms with Gasteiger partial charge in [-0.3, -0.25) is 29.0 Å². The van der Waals surface area contributed by atoms with Gasteiger partial charge in [0.2, 0.25) is 5.91 Å². The molecule has 0 unspecified atom stereocenters. The number of aryl methyl sites for hydroxylation is 1. The Balaban J connectivity index is 1.66. The Morgan fingerprint density at radius 1 is 1.32 bits per heavy atom. The number of hydrogen-bond acceptors (Lipinski definition) is 5. The highest BCUT2D eigenvalue weighted by Gasteiger charge is 2.27. The summed E-state index contributed by atoms with van der Waals surface area (Å²) in [6.07, 6.45) is 7.01. The molecule has 0 spiro atoms. The molecule has 0 aliphatic carbocycles. The molecule has 0 aromatic carbocycles. The van der Waals surface area contributed by atoms with Gasteiger partial charge >= 0.3 is 5.69 Å². The van der Waals surface area contributed by atoms with E-state index in [-0.39, 0.29) is 18.5 Å². The van der Waals surface area contributed by atoms with Crippen LogP contribution in [0.4, 0.5) is 0 Å².